The summed E-state index contributed by atoms with van der Waals surface area (Å²) in [5.41, 5.74) is 0. The number of benzene rings is 3. The van der Waals surface area contributed by atoms with Gasteiger partial charge < -0.3 is 0 Å². The molecule has 3 rings (SSSR count). The van der Waals surface area contributed by atoms with Crippen molar-refractivity contribution >= 4 is 53.8 Å². The molecule has 0 radical (unpaired) electrons. The van der Waals surface area contributed by atoms with Crippen LogP contribution in [-0.2, 0) is 30.4 Å². The monoisotopic (exact) mass is 519 g/mol. The van der Waals surface area contributed by atoms with Crippen LogP contribution in [0.3, 0.4) is 0 Å². The molecule has 170 valence electrons. The van der Waals surface area contributed by atoms with Crippen LogP contribution in [0.4, 0.5) is 0 Å². The number of hydrogen-bond acceptors (Lipinski definition) is 7. The highest BCUT2D eigenvalue weighted by Gasteiger charge is 2.44. The molecule has 0 aliphatic heterocycles. The van der Waals surface area contributed by atoms with Crippen molar-refractivity contribution in [2.75, 3.05) is 0 Å². The predicted molar refractivity (Wildman–Crippen MR) is 117 cm³/mol. The highest BCUT2D eigenvalue weighted by molar-refractivity contribution is 7.91. The van der Waals surface area contributed by atoms with Crippen molar-refractivity contribution < 1.29 is 43.8 Å². The molecule has 0 saturated heterocycles. The van der Waals surface area contributed by atoms with E-state index in [-0.39, 0.29) is 15.9 Å². The van der Waals surface area contributed by atoms with Gasteiger partial charge in [-0.25, -0.2) is 4.89 Å². The highest BCUT2D eigenvalue weighted by Crippen LogP contribution is 2.51. The molecule has 0 atom stereocenters. The molecule has 0 fully saturated rings. The van der Waals surface area contributed by atoms with E-state index in [2.05, 4.69) is 0 Å². The van der Waals surface area contributed by atoms with Crippen LogP contribution in [0.2, 0.25) is 0 Å². The van der Waals surface area contributed by atoms with Crippen molar-refractivity contribution in [2.24, 2.45) is 0 Å². The lowest BCUT2D eigenvalue weighted by Gasteiger charge is -2.20. The minimum atomic E-state index is -4.50. The summed E-state index contributed by atoms with van der Waals surface area (Å²) in [4.78, 5) is 10.5. The lowest BCUT2D eigenvalue weighted by Crippen LogP contribution is -2.31. The summed E-state index contributed by atoms with van der Waals surface area (Å²) in [6.45, 7) is 0. The van der Waals surface area contributed by atoms with Crippen molar-refractivity contribution in [1.82, 2.24) is 0 Å². The third kappa shape index (κ3) is 4.90. The Bertz CT molecular complexity index is 1280. The van der Waals surface area contributed by atoms with Gasteiger partial charge in [0.1, 0.15) is 15.9 Å². The Hall–Kier alpha value is -2.22. The van der Waals surface area contributed by atoms with E-state index in [9.17, 15) is 43.8 Å². The number of rotatable bonds is 6. The fourth-order valence-electron chi connectivity index (χ4n) is 2.95. The Labute approximate surface area is 184 Å². The van der Waals surface area contributed by atoms with Crippen LogP contribution in [0.5, 0.6) is 0 Å². The molecular weight excluding hydrogens is 503 g/mol. The van der Waals surface area contributed by atoms with Gasteiger partial charge in [0.15, 0.2) is 0 Å². The number of hydrogen-bond donors (Lipinski definition) is 4. The Morgan fingerprint density at radius 2 is 0.625 bits per heavy atom. The molecule has 0 spiro atoms. The Morgan fingerprint density at radius 1 is 0.438 bits per heavy atom. The molecule has 0 aromatic heterocycles. The zero-order valence-corrected chi connectivity index (χ0v) is 19.2. The molecule has 3 aromatic carbocycles. The topological polar surface area (TPSA) is 183 Å². The SMILES string of the molecule is O=S(=O)(O)c1ccc([P+](O)(c2ccc(S(=O)(=O)O)cc2)c2ccc(S(=O)(=O)O)cc2)cc1. The van der Waals surface area contributed by atoms with Gasteiger partial charge in [0, 0.05) is 0 Å². The van der Waals surface area contributed by atoms with Gasteiger partial charge in [-0.2, -0.15) is 25.3 Å². The molecule has 0 aliphatic carbocycles. The lowest BCUT2D eigenvalue weighted by molar-refractivity contribution is 0.481. The Morgan fingerprint density at radius 3 is 0.781 bits per heavy atom. The van der Waals surface area contributed by atoms with E-state index in [1.807, 2.05) is 0 Å². The average molecular weight is 519 g/mol. The fraction of sp³-hybridized carbons (Fsp3) is 0. The molecule has 0 saturated carbocycles. The minimum Gasteiger partial charge on any atom is -0.282 e. The van der Waals surface area contributed by atoms with Crippen molar-refractivity contribution in [3.63, 3.8) is 0 Å². The van der Waals surface area contributed by atoms with Gasteiger partial charge >= 0.3 is 0 Å². The van der Waals surface area contributed by atoms with Gasteiger partial charge in [0.2, 0.25) is 7.49 Å². The Balaban J connectivity index is 2.23. The molecule has 3 aromatic rings. The zero-order chi connectivity index (χ0) is 23.9. The second-order valence-corrected chi connectivity index (χ2v) is 13.6. The van der Waals surface area contributed by atoms with Gasteiger partial charge in [-0.1, -0.05) is 0 Å². The minimum absolute atomic E-state index is 0.198. The summed E-state index contributed by atoms with van der Waals surface area (Å²) in [6.07, 6.45) is 0. The summed E-state index contributed by atoms with van der Waals surface area (Å²) in [5.74, 6) is 0. The molecule has 0 heterocycles. The van der Waals surface area contributed by atoms with E-state index in [1.54, 1.807) is 0 Å². The van der Waals surface area contributed by atoms with Gasteiger partial charge in [-0.05, 0) is 72.8 Å². The van der Waals surface area contributed by atoms with Crippen LogP contribution in [0.15, 0.2) is 87.5 Å². The van der Waals surface area contributed by atoms with E-state index in [0.29, 0.717) is 0 Å². The maximum absolute atomic E-state index is 11.8. The summed E-state index contributed by atoms with van der Waals surface area (Å²) < 4.78 is 95.6. The van der Waals surface area contributed by atoms with E-state index in [4.69, 9.17) is 0 Å². The van der Waals surface area contributed by atoms with E-state index in [0.717, 1.165) is 36.4 Å². The van der Waals surface area contributed by atoms with Crippen molar-refractivity contribution in [2.45, 2.75) is 14.7 Å². The van der Waals surface area contributed by atoms with Crippen LogP contribution < -0.4 is 15.9 Å². The van der Waals surface area contributed by atoms with Crippen molar-refractivity contribution in [3.8, 4) is 0 Å². The first-order chi connectivity index (χ1) is 14.6. The first kappa shape index (κ1) is 24.4. The van der Waals surface area contributed by atoms with E-state index in [1.165, 1.54) is 36.4 Å². The second-order valence-electron chi connectivity index (χ2n) is 6.54. The zero-order valence-electron chi connectivity index (χ0n) is 15.8. The first-order valence-electron chi connectivity index (χ1n) is 8.50. The summed E-state index contributed by atoms with van der Waals surface area (Å²) in [5, 5.41) is 0.595. The molecule has 0 bridgehead atoms. The third-order valence-electron chi connectivity index (χ3n) is 4.52. The maximum Gasteiger partial charge on any atom is 0.294 e. The predicted octanol–water partition coefficient (Wildman–Crippen LogP) is 0.628. The third-order valence-corrected chi connectivity index (χ3v) is 10.3. The molecular formula is C18H16O10PS3+. The summed E-state index contributed by atoms with van der Waals surface area (Å²) >= 11 is 0. The van der Waals surface area contributed by atoms with Crippen LogP contribution in [-0.4, -0.2) is 43.8 Å². The Kier molecular flexibility index (Phi) is 6.32. The van der Waals surface area contributed by atoms with Crippen molar-refractivity contribution in [1.29, 1.82) is 0 Å². The summed E-state index contributed by atoms with van der Waals surface area (Å²) in [6, 6.07) is 13.9. The van der Waals surface area contributed by atoms with E-state index >= 15 is 0 Å². The molecule has 10 nitrogen and oxygen atoms in total. The smallest absolute Gasteiger partial charge is 0.282 e. The lowest BCUT2D eigenvalue weighted by atomic mass is 10.3. The molecule has 0 amide bonds. The molecule has 4 N–H and O–H groups in total. The van der Waals surface area contributed by atoms with Gasteiger partial charge in [0.05, 0.1) is 14.7 Å². The summed E-state index contributed by atoms with van der Waals surface area (Å²) in [7, 11) is -17.1. The largest absolute Gasteiger partial charge is 0.294 e. The van der Waals surface area contributed by atoms with Gasteiger partial charge in [-0.3, -0.25) is 13.7 Å². The van der Waals surface area contributed by atoms with Gasteiger partial charge in [-0.15, -0.1) is 0 Å². The van der Waals surface area contributed by atoms with Crippen LogP contribution in [0.25, 0.3) is 0 Å². The molecule has 14 heteroatoms. The molecule has 32 heavy (non-hydrogen) atoms. The molecule has 0 aliphatic rings. The van der Waals surface area contributed by atoms with Crippen LogP contribution in [0, 0.1) is 0 Å². The van der Waals surface area contributed by atoms with Crippen molar-refractivity contribution in [3.05, 3.63) is 72.8 Å². The maximum atomic E-state index is 11.8. The second kappa shape index (κ2) is 8.28. The standard InChI is InChI=1S/C18H15O10PS3/c19-29(13-1-7-16(8-2-13)30(20,21)22,14-3-9-17(10-4-14)31(23,24)25)15-5-11-18(12-6-15)32(26,27)28/h1-12,19H,(H2-,20,21,22,23,24,25,26,27,28)/p+1. The molecule has 0 unspecified atom stereocenters. The first-order valence-corrected chi connectivity index (χ1v) is 14.6. The quantitative estimate of drug-likeness (QED) is 0.266. The van der Waals surface area contributed by atoms with E-state index < -0.39 is 52.5 Å². The normalized spacial score (nSPS) is 13.1. The highest BCUT2D eigenvalue weighted by atomic mass is 32.2. The fourth-order valence-corrected chi connectivity index (χ4v) is 7.02. The van der Waals surface area contributed by atoms with Crippen LogP contribution >= 0.6 is 7.49 Å². The van der Waals surface area contributed by atoms with Gasteiger partial charge in [0.25, 0.3) is 30.4 Å². The average Bonchev–Trinajstić information content (AvgIpc) is 2.71. The van der Waals surface area contributed by atoms with Crippen LogP contribution in [0.1, 0.15) is 0 Å².